The second kappa shape index (κ2) is 6.39. The fourth-order valence-electron chi connectivity index (χ4n) is 3.18. The number of likely N-dealkylation sites (tertiary alicyclic amines) is 1. The third kappa shape index (κ3) is 2.88. The molecule has 2 aliphatic rings. The smallest absolute Gasteiger partial charge is 0.267 e. The summed E-state index contributed by atoms with van der Waals surface area (Å²) < 4.78 is 16.8. The van der Waals surface area contributed by atoms with E-state index in [1.807, 2.05) is 30.3 Å². The lowest BCUT2D eigenvalue weighted by Gasteiger charge is -2.39. The van der Waals surface area contributed by atoms with Gasteiger partial charge >= 0.3 is 0 Å². The highest BCUT2D eigenvalue weighted by Crippen LogP contribution is 2.33. The van der Waals surface area contributed by atoms with Crippen LogP contribution in [-0.4, -0.2) is 51.7 Å². The van der Waals surface area contributed by atoms with Crippen molar-refractivity contribution in [2.45, 2.75) is 12.0 Å². The molecule has 4 heterocycles. The van der Waals surface area contributed by atoms with Crippen LogP contribution in [0.5, 0.6) is 11.5 Å². The SMILES string of the molecule is O=C(C1COc2ccccc2O1)N1CC(c2nc(-c3ccncc3)no2)C1. The molecule has 2 aliphatic heterocycles. The molecular formula is C19H16N4O4. The fraction of sp³-hybridized carbons (Fsp3) is 0.263. The Hall–Kier alpha value is -3.42. The number of ether oxygens (including phenoxy) is 2. The third-order valence-electron chi connectivity index (χ3n) is 4.71. The Bertz CT molecular complexity index is 969. The third-order valence-corrected chi connectivity index (χ3v) is 4.71. The summed E-state index contributed by atoms with van der Waals surface area (Å²) in [5.41, 5.74) is 0.846. The van der Waals surface area contributed by atoms with E-state index < -0.39 is 6.10 Å². The van der Waals surface area contributed by atoms with Gasteiger partial charge in [-0.05, 0) is 24.3 Å². The van der Waals surface area contributed by atoms with E-state index in [2.05, 4.69) is 15.1 Å². The molecular weight excluding hydrogens is 348 g/mol. The maximum atomic E-state index is 12.6. The molecule has 1 atom stereocenters. The van der Waals surface area contributed by atoms with E-state index in [0.717, 1.165) is 5.56 Å². The van der Waals surface area contributed by atoms with Gasteiger partial charge in [0.2, 0.25) is 17.8 Å². The van der Waals surface area contributed by atoms with E-state index >= 15 is 0 Å². The minimum atomic E-state index is -0.629. The first kappa shape index (κ1) is 15.8. The van der Waals surface area contributed by atoms with Crippen LogP contribution in [0.15, 0.2) is 53.3 Å². The molecule has 0 spiro atoms. The minimum Gasteiger partial charge on any atom is -0.485 e. The maximum absolute atomic E-state index is 12.6. The second-order valence-corrected chi connectivity index (χ2v) is 6.50. The Morgan fingerprint density at radius 2 is 1.85 bits per heavy atom. The summed E-state index contributed by atoms with van der Waals surface area (Å²) in [7, 11) is 0. The monoisotopic (exact) mass is 364 g/mol. The van der Waals surface area contributed by atoms with Gasteiger partial charge in [0.1, 0.15) is 6.61 Å². The largest absolute Gasteiger partial charge is 0.485 e. The van der Waals surface area contributed by atoms with Gasteiger partial charge in [-0.2, -0.15) is 4.98 Å². The van der Waals surface area contributed by atoms with Crippen LogP contribution in [0.2, 0.25) is 0 Å². The van der Waals surface area contributed by atoms with Gasteiger partial charge in [0.05, 0.1) is 5.92 Å². The molecule has 1 aromatic carbocycles. The van der Waals surface area contributed by atoms with E-state index in [9.17, 15) is 4.79 Å². The number of aromatic nitrogens is 3. The lowest BCUT2D eigenvalue weighted by molar-refractivity contribution is -0.146. The predicted octanol–water partition coefficient (Wildman–Crippen LogP) is 1.90. The first-order valence-electron chi connectivity index (χ1n) is 8.69. The highest BCUT2D eigenvalue weighted by Gasteiger charge is 2.40. The van der Waals surface area contributed by atoms with Gasteiger partial charge in [-0.15, -0.1) is 0 Å². The first-order valence-corrected chi connectivity index (χ1v) is 8.69. The molecule has 1 unspecified atom stereocenters. The zero-order chi connectivity index (χ0) is 18.2. The van der Waals surface area contributed by atoms with Crippen LogP contribution in [-0.2, 0) is 4.79 Å². The number of benzene rings is 1. The molecule has 0 bridgehead atoms. The standard InChI is InChI=1S/C19H16N4O4/c24-19(16-11-25-14-3-1-2-4-15(14)26-16)23-9-13(10-23)18-21-17(22-27-18)12-5-7-20-8-6-12/h1-8,13,16H,9-11H2. The zero-order valence-electron chi connectivity index (χ0n) is 14.3. The summed E-state index contributed by atoms with van der Waals surface area (Å²) in [5.74, 6) is 2.27. The second-order valence-electron chi connectivity index (χ2n) is 6.50. The van der Waals surface area contributed by atoms with Gasteiger partial charge in [0.15, 0.2) is 11.5 Å². The molecule has 0 N–H and O–H groups in total. The van der Waals surface area contributed by atoms with E-state index in [0.29, 0.717) is 36.3 Å². The van der Waals surface area contributed by atoms with E-state index in [4.69, 9.17) is 14.0 Å². The Morgan fingerprint density at radius 3 is 2.67 bits per heavy atom. The van der Waals surface area contributed by atoms with Crippen molar-refractivity contribution in [1.82, 2.24) is 20.0 Å². The summed E-state index contributed by atoms with van der Waals surface area (Å²) in [6.07, 6.45) is 2.73. The highest BCUT2D eigenvalue weighted by molar-refractivity contribution is 5.83. The van der Waals surface area contributed by atoms with Crippen LogP contribution < -0.4 is 9.47 Å². The van der Waals surface area contributed by atoms with Crippen LogP contribution >= 0.6 is 0 Å². The molecule has 27 heavy (non-hydrogen) atoms. The topological polar surface area (TPSA) is 90.6 Å². The summed E-state index contributed by atoms with van der Waals surface area (Å²) in [6, 6.07) is 11.0. The zero-order valence-corrected chi connectivity index (χ0v) is 14.3. The van der Waals surface area contributed by atoms with Crippen molar-refractivity contribution in [3.8, 4) is 22.9 Å². The molecule has 3 aromatic rings. The number of para-hydroxylation sites is 2. The van der Waals surface area contributed by atoms with Crippen molar-refractivity contribution in [2.75, 3.05) is 19.7 Å². The van der Waals surface area contributed by atoms with Crippen LogP contribution in [0, 0.1) is 0 Å². The quantitative estimate of drug-likeness (QED) is 0.701. The summed E-state index contributed by atoms with van der Waals surface area (Å²) >= 11 is 0. The number of pyridine rings is 1. The molecule has 8 heteroatoms. The molecule has 8 nitrogen and oxygen atoms in total. The van der Waals surface area contributed by atoms with E-state index in [1.54, 1.807) is 23.4 Å². The molecule has 0 radical (unpaired) electrons. The molecule has 136 valence electrons. The van der Waals surface area contributed by atoms with Gasteiger partial charge in [0.25, 0.3) is 5.91 Å². The van der Waals surface area contributed by atoms with Crippen LogP contribution in [0.3, 0.4) is 0 Å². The Balaban J connectivity index is 1.21. The van der Waals surface area contributed by atoms with Gasteiger partial charge in [0, 0.05) is 31.0 Å². The summed E-state index contributed by atoms with van der Waals surface area (Å²) in [6.45, 7) is 1.26. The number of hydrogen-bond donors (Lipinski definition) is 0. The van der Waals surface area contributed by atoms with Gasteiger partial charge in [-0.25, -0.2) is 0 Å². The molecule has 1 amide bonds. The molecule has 0 aliphatic carbocycles. The molecule has 2 aromatic heterocycles. The van der Waals surface area contributed by atoms with Crippen molar-refractivity contribution in [3.63, 3.8) is 0 Å². The van der Waals surface area contributed by atoms with Crippen molar-refractivity contribution in [3.05, 3.63) is 54.7 Å². The molecule has 1 saturated heterocycles. The van der Waals surface area contributed by atoms with Gasteiger partial charge in [-0.3, -0.25) is 9.78 Å². The van der Waals surface area contributed by atoms with Crippen LogP contribution in [0.4, 0.5) is 0 Å². The molecule has 1 fully saturated rings. The van der Waals surface area contributed by atoms with Gasteiger partial charge in [-0.1, -0.05) is 17.3 Å². The summed E-state index contributed by atoms with van der Waals surface area (Å²) in [5, 5.41) is 4.01. The van der Waals surface area contributed by atoms with Crippen molar-refractivity contribution in [2.24, 2.45) is 0 Å². The van der Waals surface area contributed by atoms with Crippen LogP contribution in [0.25, 0.3) is 11.4 Å². The van der Waals surface area contributed by atoms with Crippen molar-refractivity contribution < 1.29 is 18.8 Å². The summed E-state index contributed by atoms with van der Waals surface area (Å²) in [4.78, 5) is 22.8. The fourth-order valence-corrected chi connectivity index (χ4v) is 3.18. The minimum absolute atomic E-state index is 0.0360. The maximum Gasteiger partial charge on any atom is 0.267 e. The number of hydrogen-bond acceptors (Lipinski definition) is 7. The Labute approximate surface area is 154 Å². The Kier molecular flexibility index (Phi) is 3.74. The molecule has 5 rings (SSSR count). The number of nitrogens with zero attached hydrogens (tertiary/aromatic N) is 4. The van der Waals surface area contributed by atoms with E-state index in [-0.39, 0.29) is 18.4 Å². The molecule has 0 saturated carbocycles. The highest BCUT2D eigenvalue weighted by atomic mass is 16.6. The number of rotatable bonds is 3. The number of carbonyl (C=O) groups is 1. The average Bonchev–Trinajstić information content (AvgIpc) is 3.17. The number of amides is 1. The lowest BCUT2D eigenvalue weighted by Crippen LogP contribution is -2.55. The predicted molar refractivity (Wildman–Crippen MR) is 93.2 cm³/mol. The van der Waals surface area contributed by atoms with Crippen molar-refractivity contribution >= 4 is 5.91 Å². The normalized spacial score (nSPS) is 18.8. The van der Waals surface area contributed by atoms with Crippen molar-refractivity contribution in [1.29, 1.82) is 0 Å². The first-order chi connectivity index (χ1) is 13.3. The lowest BCUT2D eigenvalue weighted by atomic mass is 9.99. The van der Waals surface area contributed by atoms with E-state index in [1.165, 1.54) is 0 Å². The number of carbonyl (C=O) groups excluding carboxylic acids is 1. The van der Waals surface area contributed by atoms with Crippen LogP contribution in [0.1, 0.15) is 11.8 Å². The Morgan fingerprint density at radius 1 is 1.07 bits per heavy atom. The van der Waals surface area contributed by atoms with Gasteiger partial charge < -0.3 is 18.9 Å². The average molecular weight is 364 g/mol. The number of fused-ring (bicyclic) bond motifs is 1.